The van der Waals surface area contributed by atoms with Crippen molar-refractivity contribution in [2.45, 2.75) is 32.2 Å². The van der Waals surface area contributed by atoms with E-state index in [1.165, 1.54) is 0 Å². The van der Waals surface area contributed by atoms with Crippen LogP contribution in [0.3, 0.4) is 0 Å². The summed E-state index contributed by atoms with van der Waals surface area (Å²) in [5.41, 5.74) is 2.79. The van der Waals surface area contributed by atoms with Crippen LogP contribution in [0.5, 0.6) is 0 Å². The van der Waals surface area contributed by atoms with Crippen molar-refractivity contribution in [3.05, 3.63) is 35.5 Å². The molecule has 7 nitrogen and oxygen atoms in total. The molecule has 1 aromatic carbocycles. The fraction of sp³-hybridized carbons (Fsp3) is 0.467. The van der Waals surface area contributed by atoms with E-state index in [9.17, 15) is 0 Å². The van der Waals surface area contributed by atoms with Gasteiger partial charge in [0.25, 0.3) is 0 Å². The van der Waals surface area contributed by atoms with Gasteiger partial charge in [-0.25, -0.2) is 4.63 Å². The minimum absolute atomic E-state index is 0.334. The predicted molar refractivity (Wildman–Crippen MR) is 78.1 cm³/mol. The van der Waals surface area contributed by atoms with Crippen molar-refractivity contribution >= 4 is 11.0 Å². The van der Waals surface area contributed by atoms with Crippen LogP contribution in [0.2, 0.25) is 0 Å². The van der Waals surface area contributed by atoms with Gasteiger partial charge in [0.05, 0.1) is 0 Å². The van der Waals surface area contributed by atoms with E-state index < -0.39 is 0 Å². The molecule has 2 aromatic heterocycles. The van der Waals surface area contributed by atoms with Crippen molar-refractivity contribution in [1.29, 1.82) is 0 Å². The third-order valence-electron chi connectivity index (χ3n) is 4.18. The van der Waals surface area contributed by atoms with Crippen molar-refractivity contribution in [2.75, 3.05) is 13.1 Å². The third kappa shape index (κ3) is 2.48. The summed E-state index contributed by atoms with van der Waals surface area (Å²) in [6, 6.07) is 5.98. The quantitative estimate of drug-likeness (QED) is 0.734. The molecule has 0 spiro atoms. The molecule has 1 fully saturated rings. The molecule has 22 heavy (non-hydrogen) atoms. The van der Waals surface area contributed by atoms with Crippen LogP contribution in [0.25, 0.3) is 11.0 Å². The summed E-state index contributed by atoms with van der Waals surface area (Å²) in [5.74, 6) is 1.79. The molecule has 0 N–H and O–H groups in total. The highest BCUT2D eigenvalue weighted by Crippen LogP contribution is 2.26. The molecule has 1 atom stereocenters. The van der Waals surface area contributed by atoms with Gasteiger partial charge >= 0.3 is 0 Å². The van der Waals surface area contributed by atoms with Gasteiger partial charge in [0.1, 0.15) is 11.0 Å². The summed E-state index contributed by atoms with van der Waals surface area (Å²) in [4.78, 5) is 6.78. The van der Waals surface area contributed by atoms with Crippen LogP contribution in [0.15, 0.2) is 27.4 Å². The first kappa shape index (κ1) is 13.4. The Morgan fingerprint density at radius 3 is 3.09 bits per heavy atom. The summed E-state index contributed by atoms with van der Waals surface area (Å²) < 4.78 is 9.95. The minimum atomic E-state index is 0.334. The maximum atomic E-state index is 5.11. The van der Waals surface area contributed by atoms with Crippen molar-refractivity contribution in [3.63, 3.8) is 0 Å². The molecule has 1 unspecified atom stereocenters. The maximum Gasteiger partial charge on any atom is 0.223 e. The number of piperidine rings is 1. The van der Waals surface area contributed by atoms with E-state index in [-0.39, 0.29) is 0 Å². The smallest absolute Gasteiger partial charge is 0.223 e. The number of hydrogen-bond donors (Lipinski definition) is 0. The first-order valence-electron chi connectivity index (χ1n) is 7.52. The van der Waals surface area contributed by atoms with E-state index in [0.717, 1.165) is 54.9 Å². The molecule has 114 valence electrons. The Bertz CT molecular complexity index is 781. The molecule has 4 rings (SSSR count). The second kappa shape index (κ2) is 5.49. The largest absolute Gasteiger partial charge is 0.340 e. The van der Waals surface area contributed by atoms with Crippen LogP contribution in [0.4, 0.5) is 0 Å². The second-order valence-corrected chi connectivity index (χ2v) is 5.79. The van der Waals surface area contributed by atoms with E-state index in [1.807, 2.05) is 19.1 Å². The lowest BCUT2D eigenvalue weighted by molar-refractivity contribution is 0.195. The number of likely N-dealkylation sites (tertiary alicyclic amines) is 1. The molecule has 0 amide bonds. The highest BCUT2D eigenvalue weighted by atomic mass is 16.6. The summed E-state index contributed by atoms with van der Waals surface area (Å²) in [6.07, 6.45) is 2.23. The van der Waals surface area contributed by atoms with Gasteiger partial charge < -0.3 is 4.52 Å². The zero-order chi connectivity index (χ0) is 14.9. The van der Waals surface area contributed by atoms with Gasteiger partial charge in [0, 0.05) is 25.9 Å². The standard InChI is InChI=1S/C15H17N5O2/c1-10-16-15(19-21-10)12-5-3-7-20(9-12)8-11-4-2-6-13-14(11)18-22-17-13/h2,4,6,12H,3,5,7-9H2,1H3. The fourth-order valence-corrected chi connectivity index (χ4v) is 3.12. The molecular formula is C15H17N5O2. The Hall–Kier alpha value is -2.28. The molecule has 3 aromatic rings. The van der Waals surface area contributed by atoms with Crippen LogP contribution in [-0.2, 0) is 6.54 Å². The average Bonchev–Trinajstić information content (AvgIpc) is 3.17. The van der Waals surface area contributed by atoms with Crippen molar-refractivity contribution in [3.8, 4) is 0 Å². The Labute approximate surface area is 127 Å². The summed E-state index contributed by atoms with van der Waals surface area (Å²) in [5, 5.41) is 12.0. The van der Waals surface area contributed by atoms with Crippen molar-refractivity contribution in [1.82, 2.24) is 25.4 Å². The molecule has 1 saturated heterocycles. The topological polar surface area (TPSA) is 81.1 Å². The number of aromatic nitrogens is 4. The molecule has 1 aliphatic rings. The molecule has 3 heterocycles. The van der Waals surface area contributed by atoms with Gasteiger partial charge in [-0.1, -0.05) is 17.3 Å². The lowest BCUT2D eigenvalue weighted by Crippen LogP contribution is -2.34. The van der Waals surface area contributed by atoms with Crippen LogP contribution in [0, 0.1) is 6.92 Å². The molecule has 0 aliphatic carbocycles. The summed E-state index contributed by atoms with van der Waals surface area (Å²) in [6.45, 7) is 4.66. The zero-order valence-corrected chi connectivity index (χ0v) is 12.4. The summed E-state index contributed by atoms with van der Waals surface area (Å²) in [7, 11) is 0. The first-order chi connectivity index (χ1) is 10.8. The number of nitrogens with zero attached hydrogens (tertiary/aromatic N) is 5. The van der Waals surface area contributed by atoms with Gasteiger partial charge in [-0.3, -0.25) is 4.90 Å². The first-order valence-corrected chi connectivity index (χ1v) is 7.52. The molecule has 7 heteroatoms. The lowest BCUT2D eigenvalue weighted by atomic mass is 9.97. The highest BCUT2D eigenvalue weighted by Gasteiger charge is 2.25. The van der Waals surface area contributed by atoms with E-state index in [1.54, 1.807) is 0 Å². The maximum absolute atomic E-state index is 5.11. The molecule has 0 saturated carbocycles. The Balaban J connectivity index is 1.52. The molecule has 0 bridgehead atoms. The Kier molecular flexibility index (Phi) is 3.34. The Morgan fingerprint density at radius 1 is 1.27 bits per heavy atom. The Morgan fingerprint density at radius 2 is 2.23 bits per heavy atom. The number of fused-ring (bicyclic) bond motifs is 1. The second-order valence-electron chi connectivity index (χ2n) is 5.79. The van der Waals surface area contributed by atoms with E-state index in [2.05, 4.69) is 31.4 Å². The number of aryl methyl sites for hydroxylation is 1. The van der Waals surface area contributed by atoms with E-state index in [0.29, 0.717) is 11.8 Å². The van der Waals surface area contributed by atoms with Gasteiger partial charge in [-0.2, -0.15) is 4.98 Å². The number of benzene rings is 1. The van der Waals surface area contributed by atoms with Gasteiger partial charge in [-0.05, 0) is 41.3 Å². The van der Waals surface area contributed by atoms with E-state index in [4.69, 9.17) is 9.15 Å². The monoisotopic (exact) mass is 299 g/mol. The summed E-state index contributed by atoms with van der Waals surface area (Å²) >= 11 is 0. The highest BCUT2D eigenvalue weighted by molar-refractivity contribution is 5.76. The van der Waals surface area contributed by atoms with Crippen LogP contribution < -0.4 is 0 Å². The normalized spacial score (nSPS) is 19.8. The van der Waals surface area contributed by atoms with Crippen LogP contribution >= 0.6 is 0 Å². The van der Waals surface area contributed by atoms with Crippen LogP contribution in [0.1, 0.15) is 36.0 Å². The predicted octanol–water partition coefficient (Wildman–Crippen LogP) is 2.29. The number of rotatable bonds is 3. The third-order valence-corrected chi connectivity index (χ3v) is 4.18. The molecule has 0 radical (unpaired) electrons. The van der Waals surface area contributed by atoms with Gasteiger partial charge in [0.2, 0.25) is 5.89 Å². The van der Waals surface area contributed by atoms with Crippen molar-refractivity contribution in [2.24, 2.45) is 0 Å². The van der Waals surface area contributed by atoms with Crippen molar-refractivity contribution < 1.29 is 9.15 Å². The minimum Gasteiger partial charge on any atom is -0.340 e. The molecule has 1 aliphatic heterocycles. The van der Waals surface area contributed by atoms with Crippen LogP contribution in [-0.4, -0.2) is 38.4 Å². The fourth-order valence-electron chi connectivity index (χ4n) is 3.12. The zero-order valence-electron chi connectivity index (χ0n) is 12.4. The molecular weight excluding hydrogens is 282 g/mol. The van der Waals surface area contributed by atoms with E-state index >= 15 is 0 Å². The lowest BCUT2D eigenvalue weighted by Gasteiger charge is -2.31. The SMILES string of the molecule is Cc1nc(C2CCCN(Cc3cccc4nonc34)C2)no1. The van der Waals surface area contributed by atoms with Gasteiger partial charge in [-0.15, -0.1) is 0 Å². The van der Waals surface area contributed by atoms with Gasteiger partial charge in [0.15, 0.2) is 5.82 Å². The average molecular weight is 299 g/mol. The number of hydrogen-bond acceptors (Lipinski definition) is 7.